The van der Waals surface area contributed by atoms with E-state index in [0.29, 0.717) is 22.3 Å². The number of ether oxygens (including phenoxy) is 1. The Hall–Kier alpha value is -2.67. The number of likely N-dealkylation sites (N-methyl/N-ethyl adjacent to an activating group) is 1. The molecule has 1 amide bonds. The molecule has 3 aromatic carbocycles. The second kappa shape index (κ2) is 10.6. The van der Waals surface area contributed by atoms with Crippen LogP contribution in [0.4, 0.5) is 14.5 Å². The lowest BCUT2D eigenvalue weighted by atomic mass is 10.0. The van der Waals surface area contributed by atoms with E-state index in [1.54, 1.807) is 30.3 Å². The lowest BCUT2D eigenvalue weighted by molar-refractivity contribution is -0.121. The maximum Gasteiger partial charge on any atom is 0.387 e. The standard InChI is InChI=1S/C23H20Cl2F2N2O2/c1-29(14-15-7-9-20(10-8-15)31-23(26)27)21(16-5-3-2-4-6-16)22(30)28-19-12-17(24)11-18(25)13-19/h2-13,21,23H,14H2,1H3,(H,28,30)/t21-/m0/s1. The maximum absolute atomic E-state index is 13.2. The largest absolute Gasteiger partial charge is 0.435 e. The first-order valence-electron chi connectivity index (χ1n) is 9.37. The van der Waals surface area contributed by atoms with Gasteiger partial charge in [0.2, 0.25) is 5.91 Å². The number of carbonyl (C=O) groups excluding carboxylic acids is 1. The molecule has 0 fully saturated rings. The van der Waals surface area contributed by atoms with Crippen LogP contribution in [0.15, 0.2) is 72.8 Å². The van der Waals surface area contributed by atoms with Crippen LogP contribution in [0, 0.1) is 0 Å². The predicted molar refractivity (Wildman–Crippen MR) is 119 cm³/mol. The topological polar surface area (TPSA) is 41.6 Å². The van der Waals surface area contributed by atoms with E-state index in [2.05, 4.69) is 10.1 Å². The molecule has 0 heterocycles. The van der Waals surface area contributed by atoms with Crippen molar-refractivity contribution in [3.63, 3.8) is 0 Å². The normalized spacial score (nSPS) is 12.1. The summed E-state index contributed by atoms with van der Waals surface area (Å²) in [6.07, 6.45) is 0. The third kappa shape index (κ3) is 6.66. The highest BCUT2D eigenvalue weighted by Crippen LogP contribution is 2.27. The van der Waals surface area contributed by atoms with E-state index < -0.39 is 12.7 Å². The molecule has 0 bridgehead atoms. The Morgan fingerprint density at radius 3 is 2.19 bits per heavy atom. The van der Waals surface area contributed by atoms with Crippen molar-refractivity contribution >= 4 is 34.8 Å². The molecule has 1 atom stereocenters. The van der Waals surface area contributed by atoms with Crippen molar-refractivity contribution in [3.8, 4) is 5.75 Å². The van der Waals surface area contributed by atoms with Crippen molar-refractivity contribution in [2.75, 3.05) is 12.4 Å². The highest BCUT2D eigenvalue weighted by molar-refractivity contribution is 6.35. The summed E-state index contributed by atoms with van der Waals surface area (Å²) >= 11 is 12.1. The van der Waals surface area contributed by atoms with Crippen molar-refractivity contribution in [2.45, 2.75) is 19.2 Å². The van der Waals surface area contributed by atoms with Crippen LogP contribution in [0.1, 0.15) is 17.2 Å². The van der Waals surface area contributed by atoms with E-state index in [0.717, 1.165) is 11.1 Å². The fraction of sp³-hybridized carbons (Fsp3) is 0.174. The fourth-order valence-corrected chi connectivity index (χ4v) is 3.76. The van der Waals surface area contributed by atoms with Gasteiger partial charge < -0.3 is 10.1 Å². The average molecular weight is 465 g/mol. The molecule has 0 spiro atoms. The molecule has 3 aromatic rings. The zero-order chi connectivity index (χ0) is 22.4. The van der Waals surface area contributed by atoms with Crippen LogP contribution >= 0.6 is 23.2 Å². The second-order valence-electron chi connectivity index (χ2n) is 6.90. The summed E-state index contributed by atoms with van der Waals surface area (Å²) in [5, 5.41) is 3.70. The number of anilines is 1. The molecule has 1 N–H and O–H groups in total. The maximum atomic E-state index is 13.2. The Kier molecular flexibility index (Phi) is 7.85. The van der Waals surface area contributed by atoms with E-state index in [4.69, 9.17) is 23.2 Å². The minimum Gasteiger partial charge on any atom is -0.435 e. The molecule has 162 valence electrons. The van der Waals surface area contributed by atoms with Crippen LogP contribution in [-0.2, 0) is 11.3 Å². The van der Waals surface area contributed by atoms with Gasteiger partial charge >= 0.3 is 6.61 Å². The van der Waals surface area contributed by atoms with Crippen LogP contribution in [0.25, 0.3) is 0 Å². The zero-order valence-electron chi connectivity index (χ0n) is 16.6. The molecule has 8 heteroatoms. The van der Waals surface area contributed by atoms with Crippen LogP contribution in [0.3, 0.4) is 0 Å². The van der Waals surface area contributed by atoms with Gasteiger partial charge in [-0.05, 0) is 48.5 Å². The molecule has 0 aliphatic carbocycles. The average Bonchev–Trinajstić information content (AvgIpc) is 2.69. The van der Waals surface area contributed by atoms with Gasteiger partial charge in [-0.15, -0.1) is 0 Å². The van der Waals surface area contributed by atoms with Crippen molar-refractivity contribution < 1.29 is 18.3 Å². The first-order chi connectivity index (χ1) is 14.8. The number of carbonyl (C=O) groups is 1. The Labute approximate surface area is 189 Å². The Balaban J connectivity index is 1.80. The van der Waals surface area contributed by atoms with Gasteiger partial charge in [0.15, 0.2) is 0 Å². The van der Waals surface area contributed by atoms with Gasteiger partial charge in [-0.25, -0.2) is 0 Å². The summed E-state index contributed by atoms with van der Waals surface area (Å²) in [6, 6.07) is 19.8. The lowest BCUT2D eigenvalue weighted by Crippen LogP contribution is -2.34. The smallest absolute Gasteiger partial charge is 0.387 e. The number of benzene rings is 3. The highest BCUT2D eigenvalue weighted by Gasteiger charge is 2.25. The first kappa shape index (κ1) is 23.0. The molecular weight excluding hydrogens is 445 g/mol. The van der Waals surface area contributed by atoms with Gasteiger partial charge in [-0.3, -0.25) is 9.69 Å². The summed E-state index contributed by atoms with van der Waals surface area (Å²) in [5.74, 6) is -0.179. The molecule has 0 saturated carbocycles. The number of hydrogen-bond acceptors (Lipinski definition) is 3. The molecule has 0 aromatic heterocycles. The molecule has 0 aliphatic heterocycles. The second-order valence-corrected chi connectivity index (χ2v) is 7.77. The van der Waals surface area contributed by atoms with Gasteiger partial charge in [0, 0.05) is 22.3 Å². The van der Waals surface area contributed by atoms with Gasteiger partial charge in [0.1, 0.15) is 11.8 Å². The van der Waals surface area contributed by atoms with Crippen molar-refractivity contribution in [1.29, 1.82) is 0 Å². The number of rotatable bonds is 8. The minimum atomic E-state index is -2.88. The Morgan fingerprint density at radius 2 is 1.61 bits per heavy atom. The monoisotopic (exact) mass is 464 g/mol. The molecule has 0 radical (unpaired) electrons. The lowest BCUT2D eigenvalue weighted by Gasteiger charge is -2.28. The number of amides is 1. The molecule has 0 saturated heterocycles. The molecular formula is C23H20Cl2F2N2O2. The van der Waals surface area contributed by atoms with Crippen LogP contribution < -0.4 is 10.1 Å². The summed E-state index contributed by atoms with van der Waals surface area (Å²) in [7, 11) is 1.81. The summed E-state index contributed by atoms with van der Waals surface area (Å²) < 4.78 is 29.1. The van der Waals surface area contributed by atoms with Crippen LogP contribution in [0.2, 0.25) is 10.0 Å². The zero-order valence-corrected chi connectivity index (χ0v) is 18.1. The van der Waals surface area contributed by atoms with Crippen molar-refractivity contribution in [2.24, 2.45) is 0 Å². The third-order valence-corrected chi connectivity index (χ3v) is 4.95. The number of halogens is 4. The number of hydrogen-bond donors (Lipinski definition) is 1. The summed E-state index contributed by atoms with van der Waals surface area (Å²) in [5.41, 5.74) is 2.13. The Bertz CT molecular complexity index is 998. The predicted octanol–water partition coefficient (Wildman–Crippen LogP) is 6.41. The number of nitrogens with zero attached hydrogens (tertiary/aromatic N) is 1. The number of nitrogens with one attached hydrogen (secondary N) is 1. The van der Waals surface area contributed by atoms with Gasteiger partial charge in [0.25, 0.3) is 0 Å². The third-order valence-electron chi connectivity index (χ3n) is 4.52. The fourth-order valence-electron chi connectivity index (χ4n) is 3.23. The molecule has 31 heavy (non-hydrogen) atoms. The van der Waals surface area contributed by atoms with Gasteiger partial charge in [-0.2, -0.15) is 8.78 Å². The molecule has 0 aliphatic rings. The van der Waals surface area contributed by atoms with Gasteiger partial charge in [0.05, 0.1) is 0 Å². The van der Waals surface area contributed by atoms with E-state index in [1.807, 2.05) is 42.3 Å². The van der Waals surface area contributed by atoms with E-state index >= 15 is 0 Å². The van der Waals surface area contributed by atoms with Crippen LogP contribution in [-0.4, -0.2) is 24.5 Å². The first-order valence-corrected chi connectivity index (χ1v) is 10.1. The molecule has 4 nitrogen and oxygen atoms in total. The van der Waals surface area contributed by atoms with Crippen molar-refractivity contribution in [3.05, 3.63) is 94.0 Å². The van der Waals surface area contributed by atoms with E-state index in [9.17, 15) is 13.6 Å². The Morgan fingerprint density at radius 1 is 1.00 bits per heavy atom. The van der Waals surface area contributed by atoms with Crippen molar-refractivity contribution in [1.82, 2.24) is 4.90 Å². The van der Waals surface area contributed by atoms with Crippen LogP contribution in [0.5, 0.6) is 5.75 Å². The SMILES string of the molecule is CN(Cc1ccc(OC(F)F)cc1)[C@H](C(=O)Nc1cc(Cl)cc(Cl)c1)c1ccccc1. The highest BCUT2D eigenvalue weighted by atomic mass is 35.5. The summed E-state index contributed by atoms with van der Waals surface area (Å²) in [6.45, 7) is -2.47. The van der Waals surface area contributed by atoms with E-state index in [-0.39, 0.29) is 11.7 Å². The summed E-state index contributed by atoms with van der Waals surface area (Å²) in [4.78, 5) is 15.1. The molecule has 0 unspecified atom stereocenters. The van der Waals surface area contributed by atoms with Gasteiger partial charge in [-0.1, -0.05) is 65.7 Å². The molecule has 3 rings (SSSR count). The number of alkyl halides is 2. The quantitative estimate of drug-likeness (QED) is 0.418. The van der Waals surface area contributed by atoms with E-state index in [1.165, 1.54) is 12.1 Å². The minimum absolute atomic E-state index is 0.0802.